The summed E-state index contributed by atoms with van der Waals surface area (Å²) in [6.45, 7) is 7.82. The molecule has 138 valence electrons. The van der Waals surface area contributed by atoms with Gasteiger partial charge >= 0.3 is 0 Å². The fraction of sp³-hybridized carbons (Fsp3) is 0.300. The molecule has 0 aliphatic heterocycles. The van der Waals surface area contributed by atoms with Crippen LogP contribution in [-0.4, -0.2) is 17.9 Å². The van der Waals surface area contributed by atoms with Gasteiger partial charge in [-0.05, 0) is 42.2 Å². The highest BCUT2D eigenvalue weighted by Gasteiger charge is 2.19. The first-order chi connectivity index (χ1) is 12.2. The van der Waals surface area contributed by atoms with E-state index in [1.165, 1.54) is 24.3 Å². The minimum atomic E-state index is -0.842. The van der Waals surface area contributed by atoms with Crippen LogP contribution in [0.1, 0.15) is 43.6 Å². The summed E-state index contributed by atoms with van der Waals surface area (Å²) in [6, 6.07) is 13.0. The molecule has 0 heterocycles. The maximum Gasteiger partial charge on any atom is 0.279 e. The van der Waals surface area contributed by atoms with Gasteiger partial charge < -0.3 is 4.74 Å². The third-order valence-corrected chi connectivity index (χ3v) is 3.80. The SMILES string of the molecule is C[C@H](Oc1cccc(C(C)(C)C)c1)C(=O)NNC(=O)c1ccccc1F. The van der Waals surface area contributed by atoms with Crippen molar-refractivity contribution in [2.24, 2.45) is 0 Å². The number of ether oxygens (including phenoxy) is 1. The Hall–Kier alpha value is -2.89. The third-order valence-electron chi connectivity index (χ3n) is 3.80. The van der Waals surface area contributed by atoms with Gasteiger partial charge in [-0.1, -0.05) is 45.0 Å². The lowest BCUT2D eigenvalue weighted by Gasteiger charge is -2.21. The molecule has 0 aliphatic carbocycles. The number of amides is 2. The second-order valence-electron chi connectivity index (χ2n) is 6.96. The molecule has 2 amide bonds. The van der Waals surface area contributed by atoms with Gasteiger partial charge in [-0.3, -0.25) is 20.4 Å². The summed E-state index contributed by atoms with van der Waals surface area (Å²) < 4.78 is 19.2. The van der Waals surface area contributed by atoms with Crippen molar-refractivity contribution < 1.29 is 18.7 Å². The van der Waals surface area contributed by atoms with Gasteiger partial charge in [0.05, 0.1) is 5.56 Å². The van der Waals surface area contributed by atoms with Crippen LogP contribution in [0.3, 0.4) is 0 Å². The Balaban J connectivity index is 1.94. The Morgan fingerprint density at radius 2 is 1.73 bits per heavy atom. The van der Waals surface area contributed by atoms with E-state index in [0.29, 0.717) is 5.75 Å². The molecule has 0 fully saturated rings. The maximum atomic E-state index is 13.5. The number of nitrogens with one attached hydrogen (secondary N) is 2. The highest BCUT2D eigenvalue weighted by Crippen LogP contribution is 2.26. The number of halogens is 1. The van der Waals surface area contributed by atoms with E-state index < -0.39 is 23.7 Å². The molecule has 0 aliphatic rings. The van der Waals surface area contributed by atoms with E-state index in [1.54, 1.807) is 13.0 Å². The Labute approximate surface area is 152 Å². The lowest BCUT2D eigenvalue weighted by Crippen LogP contribution is -2.47. The Kier molecular flexibility index (Phi) is 5.97. The van der Waals surface area contributed by atoms with Crippen LogP contribution in [0.4, 0.5) is 4.39 Å². The lowest BCUT2D eigenvalue weighted by atomic mass is 9.87. The standard InChI is InChI=1S/C20H23FN2O3/c1-13(26-15-9-7-8-14(12-15)20(2,3)4)18(24)22-23-19(25)16-10-5-6-11-17(16)21/h5-13H,1-4H3,(H,22,24)(H,23,25)/t13-/m0/s1. The molecular formula is C20H23FN2O3. The summed E-state index contributed by atoms with van der Waals surface area (Å²) >= 11 is 0. The van der Waals surface area contributed by atoms with Crippen molar-refractivity contribution in [3.8, 4) is 5.75 Å². The van der Waals surface area contributed by atoms with Gasteiger partial charge in [-0.25, -0.2) is 4.39 Å². The molecule has 1 atom stereocenters. The largest absolute Gasteiger partial charge is 0.481 e. The van der Waals surface area contributed by atoms with Crippen LogP contribution in [0, 0.1) is 5.82 Å². The molecule has 0 aromatic heterocycles. The van der Waals surface area contributed by atoms with Gasteiger partial charge in [0, 0.05) is 0 Å². The number of hydrogen-bond donors (Lipinski definition) is 2. The first-order valence-electron chi connectivity index (χ1n) is 8.30. The van der Waals surface area contributed by atoms with Gasteiger partial charge in [0.1, 0.15) is 11.6 Å². The lowest BCUT2D eigenvalue weighted by molar-refractivity contribution is -0.128. The van der Waals surface area contributed by atoms with Crippen LogP contribution >= 0.6 is 0 Å². The Morgan fingerprint density at radius 1 is 1.04 bits per heavy atom. The van der Waals surface area contributed by atoms with Crippen LogP contribution in [0.5, 0.6) is 5.75 Å². The van der Waals surface area contributed by atoms with Crippen LogP contribution in [0.15, 0.2) is 48.5 Å². The van der Waals surface area contributed by atoms with E-state index in [0.717, 1.165) is 5.56 Å². The monoisotopic (exact) mass is 358 g/mol. The molecule has 0 spiro atoms. The third kappa shape index (κ3) is 5.05. The van der Waals surface area contributed by atoms with E-state index in [4.69, 9.17) is 4.74 Å². The van der Waals surface area contributed by atoms with E-state index in [9.17, 15) is 14.0 Å². The molecule has 0 saturated heterocycles. The molecule has 2 aromatic rings. The topological polar surface area (TPSA) is 67.4 Å². The van der Waals surface area contributed by atoms with Gasteiger partial charge in [0.15, 0.2) is 6.10 Å². The first-order valence-corrected chi connectivity index (χ1v) is 8.30. The molecule has 2 aromatic carbocycles. The Morgan fingerprint density at radius 3 is 2.38 bits per heavy atom. The van der Waals surface area contributed by atoms with Crippen molar-refractivity contribution in [1.29, 1.82) is 0 Å². The average Bonchev–Trinajstić information content (AvgIpc) is 2.59. The smallest absolute Gasteiger partial charge is 0.279 e. The van der Waals surface area contributed by atoms with Crippen molar-refractivity contribution >= 4 is 11.8 Å². The molecule has 2 N–H and O–H groups in total. The van der Waals surface area contributed by atoms with Crippen LogP contribution < -0.4 is 15.6 Å². The number of hydrazine groups is 1. The normalized spacial score (nSPS) is 12.2. The zero-order valence-electron chi connectivity index (χ0n) is 15.3. The van der Waals surface area contributed by atoms with Gasteiger partial charge in [-0.15, -0.1) is 0 Å². The summed E-state index contributed by atoms with van der Waals surface area (Å²) in [4.78, 5) is 24.0. The molecule has 0 bridgehead atoms. The number of carbonyl (C=O) groups is 2. The van der Waals surface area contributed by atoms with E-state index >= 15 is 0 Å². The second kappa shape index (κ2) is 7.99. The van der Waals surface area contributed by atoms with Gasteiger partial charge in [0.25, 0.3) is 11.8 Å². The van der Waals surface area contributed by atoms with Crippen molar-refractivity contribution in [3.05, 3.63) is 65.5 Å². The van der Waals surface area contributed by atoms with E-state index in [1.807, 2.05) is 18.2 Å². The molecular weight excluding hydrogens is 335 g/mol. The molecule has 2 rings (SSSR count). The summed E-state index contributed by atoms with van der Waals surface area (Å²) in [6.07, 6.45) is -0.842. The summed E-state index contributed by atoms with van der Waals surface area (Å²) in [7, 11) is 0. The van der Waals surface area contributed by atoms with E-state index in [-0.39, 0.29) is 11.0 Å². The number of carbonyl (C=O) groups excluding carboxylic acids is 2. The molecule has 0 radical (unpaired) electrons. The summed E-state index contributed by atoms with van der Waals surface area (Å²) in [5.41, 5.74) is 5.31. The molecule has 5 nitrogen and oxygen atoms in total. The first kappa shape index (κ1) is 19.4. The molecule has 0 unspecified atom stereocenters. The zero-order valence-corrected chi connectivity index (χ0v) is 15.3. The molecule has 26 heavy (non-hydrogen) atoms. The van der Waals surface area contributed by atoms with Crippen molar-refractivity contribution in [2.75, 3.05) is 0 Å². The highest BCUT2D eigenvalue weighted by atomic mass is 19.1. The maximum absolute atomic E-state index is 13.5. The minimum Gasteiger partial charge on any atom is -0.481 e. The predicted molar refractivity (Wildman–Crippen MR) is 97.2 cm³/mol. The number of hydrogen-bond acceptors (Lipinski definition) is 3. The van der Waals surface area contributed by atoms with Crippen molar-refractivity contribution in [1.82, 2.24) is 10.9 Å². The number of benzene rings is 2. The van der Waals surface area contributed by atoms with Crippen molar-refractivity contribution in [2.45, 2.75) is 39.2 Å². The van der Waals surface area contributed by atoms with Gasteiger partial charge in [0.2, 0.25) is 0 Å². The fourth-order valence-electron chi connectivity index (χ4n) is 2.23. The minimum absolute atomic E-state index is 0.0431. The molecule has 0 saturated carbocycles. The molecule has 6 heteroatoms. The predicted octanol–water partition coefficient (Wildman–Crippen LogP) is 3.35. The van der Waals surface area contributed by atoms with Crippen LogP contribution in [0.2, 0.25) is 0 Å². The Bertz CT molecular complexity index is 800. The zero-order chi connectivity index (χ0) is 19.3. The quantitative estimate of drug-likeness (QED) is 0.824. The summed E-state index contributed by atoms with van der Waals surface area (Å²) in [5.74, 6) is -1.39. The second-order valence-corrected chi connectivity index (χ2v) is 6.96. The highest BCUT2D eigenvalue weighted by molar-refractivity contribution is 5.95. The van der Waals surface area contributed by atoms with Crippen LogP contribution in [-0.2, 0) is 10.2 Å². The summed E-state index contributed by atoms with van der Waals surface area (Å²) in [5, 5.41) is 0. The van der Waals surface area contributed by atoms with Gasteiger partial charge in [-0.2, -0.15) is 0 Å². The van der Waals surface area contributed by atoms with E-state index in [2.05, 4.69) is 31.6 Å². The van der Waals surface area contributed by atoms with Crippen LogP contribution in [0.25, 0.3) is 0 Å². The number of rotatable bonds is 4. The van der Waals surface area contributed by atoms with Crippen molar-refractivity contribution in [3.63, 3.8) is 0 Å². The average molecular weight is 358 g/mol. The fourth-order valence-corrected chi connectivity index (χ4v) is 2.23.